The van der Waals surface area contributed by atoms with E-state index >= 15 is 0 Å². The van der Waals surface area contributed by atoms with Crippen molar-refractivity contribution in [2.45, 2.75) is 17.9 Å². The van der Waals surface area contributed by atoms with E-state index in [0.29, 0.717) is 5.56 Å². The van der Waals surface area contributed by atoms with Crippen LogP contribution >= 0.6 is 11.8 Å². The maximum atomic E-state index is 13.2. The lowest BCUT2D eigenvalue weighted by molar-refractivity contribution is -0.141. The molecular weight excluding hydrogens is 425 g/mol. The summed E-state index contributed by atoms with van der Waals surface area (Å²) in [4.78, 5) is 19.5. The van der Waals surface area contributed by atoms with Gasteiger partial charge < -0.3 is 5.32 Å². The Labute approximate surface area is 172 Å². The van der Waals surface area contributed by atoms with Crippen molar-refractivity contribution in [1.82, 2.24) is 15.3 Å². The highest BCUT2D eigenvalue weighted by Crippen LogP contribution is 2.32. The second kappa shape index (κ2) is 9.21. The van der Waals surface area contributed by atoms with Gasteiger partial charge in [-0.05, 0) is 48.0 Å². The monoisotopic (exact) mass is 439 g/mol. The summed E-state index contributed by atoms with van der Waals surface area (Å²) in [5.41, 5.74) is -0.242. The molecule has 0 aliphatic rings. The molecule has 0 aliphatic carbocycles. The molecule has 0 bridgehead atoms. The summed E-state index contributed by atoms with van der Waals surface area (Å²) in [6.07, 6.45) is -4.71. The van der Waals surface area contributed by atoms with Crippen molar-refractivity contribution in [2.24, 2.45) is 0 Å². The standard InChI is InChI=1S/C20H14F5N3OS/c21-14-5-1-12(2-6-14)10-26-18(29)11-30-19-27-16(9-17(28-19)20(23,24)25)13-3-7-15(22)8-4-13/h1-9H,10-11H2,(H,26,29). The van der Waals surface area contributed by atoms with Gasteiger partial charge in [0, 0.05) is 12.1 Å². The lowest BCUT2D eigenvalue weighted by Gasteiger charge is -2.11. The molecule has 4 nitrogen and oxygen atoms in total. The van der Waals surface area contributed by atoms with Gasteiger partial charge in [-0.2, -0.15) is 13.2 Å². The number of halogens is 5. The molecule has 2 aromatic carbocycles. The molecule has 1 N–H and O–H groups in total. The molecule has 0 spiro atoms. The zero-order valence-electron chi connectivity index (χ0n) is 15.2. The van der Waals surface area contributed by atoms with E-state index in [1.54, 1.807) is 0 Å². The van der Waals surface area contributed by atoms with Gasteiger partial charge in [0.1, 0.15) is 17.3 Å². The summed E-state index contributed by atoms with van der Waals surface area (Å²) in [5, 5.41) is 2.35. The number of nitrogens with zero attached hydrogens (tertiary/aromatic N) is 2. The third-order valence-electron chi connectivity index (χ3n) is 3.87. The Bertz CT molecular complexity index is 1020. The number of carbonyl (C=O) groups is 1. The van der Waals surface area contributed by atoms with Crippen LogP contribution in [-0.2, 0) is 17.5 Å². The average molecular weight is 439 g/mol. The van der Waals surface area contributed by atoms with Crippen LogP contribution in [0.15, 0.2) is 59.8 Å². The zero-order chi connectivity index (χ0) is 21.7. The van der Waals surface area contributed by atoms with Gasteiger partial charge in [0.25, 0.3) is 0 Å². The number of thioether (sulfide) groups is 1. The van der Waals surface area contributed by atoms with Crippen LogP contribution in [-0.4, -0.2) is 21.6 Å². The molecule has 1 aromatic heterocycles. The number of alkyl halides is 3. The van der Waals surface area contributed by atoms with Crippen molar-refractivity contribution in [1.29, 1.82) is 0 Å². The number of hydrogen-bond donors (Lipinski definition) is 1. The molecule has 0 saturated heterocycles. The van der Waals surface area contributed by atoms with Crippen LogP contribution in [0.25, 0.3) is 11.3 Å². The predicted molar refractivity (Wildman–Crippen MR) is 101 cm³/mol. The van der Waals surface area contributed by atoms with Gasteiger partial charge in [0.05, 0.1) is 11.4 Å². The third kappa shape index (κ3) is 5.99. The summed E-state index contributed by atoms with van der Waals surface area (Å²) < 4.78 is 65.6. The van der Waals surface area contributed by atoms with Crippen LogP contribution in [0.4, 0.5) is 22.0 Å². The van der Waals surface area contributed by atoms with E-state index in [9.17, 15) is 26.7 Å². The molecule has 156 valence electrons. The first kappa shape index (κ1) is 21.7. The van der Waals surface area contributed by atoms with Crippen LogP contribution in [0, 0.1) is 11.6 Å². The van der Waals surface area contributed by atoms with E-state index in [2.05, 4.69) is 15.3 Å². The van der Waals surface area contributed by atoms with Crippen molar-refractivity contribution < 1.29 is 26.7 Å². The molecule has 3 rings (SSSR count). The Morgan fingerprint density at radius 1 is 0.933 bits per heavy atom. The number of hydrogen-bond acceptors (Lipinski definition) is 4. The highest BCUT2D eigenvalue weighted by atomic mass is 32.2. The van der Waals surface area contributed by atoms with Crippen LogP contribution < -0.4 is 5.32 Å². The van der Waals surface area contributed by atoms with E-state index in [-0.39, 0.29) is 28.7 Å². The van der Waals surface area contributed by atoms with E-state index < -0.39 is 29.4 Å². The van der Waals surface area contributed by atoms with Crippen LogP contribution in [0.5, 0.6) is 0 Å². The molecule has 0 aliphatic heterocycles. The van der Waals surface area contributed by atoms with Crippen molar-refractivity contribution in [3.05, 3.63) is 77.5 Å². The molecule has 0 radical (unpaired) electrons. The fraction of sp³-hybridized carbons (Fsp3) is 0.150. The fourth-order valence-corrected chi connectivity index (χ4v) is 3.08. The predicted octanol–water partition coefficient (Wildman–Crippen LogP) is 4.85. The first-order chi connectivity index (χ1) is 14.2. The van der Waals surface area contributed by atoms with E-state index in [1.165, 1.54) is 36.4 Å². The zero-order valence-corrected chi connectivity index (χ0v) is 16.0. The minimum absolute atomic E-state index is 0.0356. The van der Waals surface area contributed by atoms with Gasteiger partial charge in [0.2, 0.25) is 5.91 Å². The molecular formula is C20H14F5N3OS. The molecule has 0 saturated carbocycles. The topological polar surface area (TPSA) is 54.9 Å². The van der Waals surface area contributed by atoms with Gasteiger partial charge in [-0.25, -0.2) is 18.7 Å². The smallest absolute Gasteiger partial charge is 0.351 e. The highest BCUT2D eigenvalue weighted by molar-refractivity contribution is 7.99. The number of aromatic nitrogens is 2. The summed E-state index contributed by atoms with van der Waals surface area (Å²) in [5.74, 6) is -1.60. The number of carbonyl (C=O) groups excluding carboxylic acids is 1. The summed E-state index contributed by atoms with van der Waals surface area (Å²) >= 11 is 0.740. The van der Waals surface area contributed by atoms with E-state index in [1.807, 2.05) is 0 Å². The molecule has 1 heterocycles. The van der Waals surface area contributed by atoms with Crippen molar-refractivity contribution in [2.75, 3.05) is 5.75 Å². The fourth-order valence-electron chi connectivity index (χ4n) is 2.39. The number of benzene rings is 2. The maximum absolute atomic E-state index is 13.2. The number of amides is 1. The van der Waals surface area contributed by atoms with Gasteiger partial charge >= 0.3 is 6.18 Å². The van der Waals surface area contributed by atoms with Crippen molar-refractivity contribution in [3.63, 3.8) is 0 Å². The Hall–Kier alpha value is -3.01. The maximum Gasteiger partial charge on any atom is 0.433 e. The Morgan fingerprint density at radius 2 is 1.53 bits per heavy atom. The Balaban J connectivity index is 1.71. The summed E-state index contributed by atoms with van der Waals surface area (Å²) in [6.45, 7) is 0.143. The lowest BCUT2D eigenvalue weighted by Crippen LogP contribution is -2.24. The van der Waals surface area contributed by atoms with Crippen LogP contribution in [0.3, 0.4) is 0 Å². The lowest BCUT2D eigenvalue weighted by atomic mass is 10.1. The average Bonchev–Trinajstić information content (AvgIpc) is 2.71. The van der Waals surface area contributed by atoms with Gasteiger partial charge in [0.15, 0.2) is 5.16 Å². The largest absolute Gasteiger partial charge is 0.433 e. The molecule has 0 fully saturated rings. The van der Waals surface area contributed by atoms with E-state index in [4.69, 9.17) is 0 Å². The summed E-state index contributed by atoms with van der Waals surface area (Å²) in [6, 6.07) is 11.1. The normalized spacial score (nSPS) is 11.4. The molecule has 0 unspecified atom stereocenters. The van der Waals surface area contributed by atoms with Crippen molar-refractivity contribution >= 4 is 17.7 Å². The molecule has 30 heavy (non-hydrogen) atoms. The minimum atomic E-state index is -4.71. The molecule has 0 atom stereocenters. The molecule has 3 aromatic rings. The molecule has 10 heteroatoms. The Morgan fingerprint density at radius 3 is 2.13 bits per heavy atom. The first-order valence-corrected chi connectivity index (χ1v) is 9.55. The second-order valence-corrected chi connectivity index (χ2v) is 7.06. The Kier molecular flexibility index (Phi) is 6.66. The summed E-state index contributed by atoms with van der Waals surface area (Å²) in [7, 11) is 0. The van der Waals surface area contributed by atoms with Gasteiger partial charge in [-0.3, -0.25) is 4.79 Å². The number of nitrogens with one attached hydrogen (secondary N) is 1. The first-order valence-electron chi connectivity index (χ1n) is 8.57. The highest BCUT2D eigenvalue weighted by Gasteiger charge is 2.34. The SMILES string of the molecule is O=C(CSc1nc(-c2ccc(F)cc2)cc(C(F)(F)F)n1)NCc1ccc(F)cc1. The van der Waals surface area contributed by atoms with Crippen LogP contribution in [0.2, 0.25) is 0 Å². The third-order valence-corrected chi connectivity index (χ3v) is 4.72. The van der Waals surface area contributed by atoms with Gasteiger partial charge in [-0.1, -0.05) is 23.9 Å². The molecule has 1 amide bonds. The van der Waals surface area contributed by atoms with Crippen molar-refractivity contribution in [3.8, 4) is 11.3 Å². The quantitative estimate of drug-likeness (QED) is 0.339. The second-order valence-electron chi connectivity index (χ2n) is 6.12. The van der Waals surface area contributed by atoms with Crippen LogP contribution in [0.1, 0.15) is 11.3 Å². The van der Waals surface area contributed by atoms with Gasteiger partial charge in [-0.15, -0.1) is 0 Å². The van der Waals surface area contributed by atoms with E-state index in [0.717, 1.165) is 30.0 Å². The minimum Gasteiger partial charge on any atom is -0.351 e. The number of rotatable bonds is 6.